The first-order chi connectivity index (χ1) is 5.17. The van der Waals surface area contributed by atoms with Gasteiger partial charge in [-0.3, -0.25) is 0 Å². The monoisotopic (exact) mass is 159 g/mol. The summed E-state index contributed by atoms with van der Waals surface area (Å²) in [5.74, 6) is 0.440. The lowest BCUT2D eigenvalue weighted by Crippen LogP contribution is -2.36. The predicted molar refractivity (Wildman–Crippen MR) is 48.6 cm³/mol. The molecule has 0 heterocycles. The Hall–Kier alpha value is -0.0800. The van der Waals surface area contributed by atoms with Crippen molar-refractivity contribution in [3.8, 4) is 0 Å². The van der Waals surface area contributed by atoms with Gasteiger partial charge in [-0.15, -0.1) is 0 Å². The number of hydrogen-bond donors (Lipinski definition) is 1. The molecule has 1 N–H and O–H groups in total. The zero-order valence-corrected chi connectivity index (χ0v) is 8.17. The van der Waals surface area contributed by atoms with Crippen LogP contribution >= 0.6 is 0 Å². The Morgan fingerprint density at radius 2 is 1.73 bits per heavy atom. The van der Waals surface area contributed by atoms with E-state index in [4.69, 9.17) is 5.11 Å². The molecule has 2 heteroatoms. The van der Waals surface area contributed by atoms with Gasteiger partial charge in [0.2, 0.25) is 0 Å². The van der Waals surface area contributed by atoms with Crippen LogP contribution in [-0.4, -0.2) is 36.8 Å². The molecule has 0 aliphatic rings. The van der Waals surface area contributed by atoms with Gasteiger partial charge in [0.15, 0.2) is 0 Å². The van der Waals surface area contributed by atoms with Crippen molar-refractivity contribution in [1.29, 1.82) is 0 Å². The van der Waals surface area contributed by atoms with Gasteiger partial charge < -0.3 is 10.0 Å². The molecule has 0 spiro atoms. The van der Waals surface area contributed by atoms with Crippen molar-refractivity contribution in [3.63, 3.8) is 0 Å². The van der Waals surface area contributed by atoms with Crippen LogP contribution in [0.15, 0.2) is 0 Å². The summed E-state index contributed by atoms with van der Waals surface area (Å²) in [7, 11) is 4.15. The number of aliphatic hydroxyl groups is 1. The van der Waals surface area contributed by atoms with Crippen LogP contribution in [0.5, 0.6) is 0 Å². The molecule has 2 unspecified atom stereocenters. The largest absolute Gasteiger partial charge is 0.396 e. The van der Waals surface area contributed by atoms with Crippen LogP contribution in [0.2, 0.25) is 0 Å². The molecule has 0 saturated heterocycles. The lowest BCUT2D eigenvalue weighted by Gasteiger charge is -2.29. The summed E-state index contributed by atoms with van der Waals surface area (Å²) in [6.45, 7) is 4.61. The number of rotatable bonds is 5. The minimum Gasteiger partial charge on any atom is -0.396 e. The molecule has 2 atom stereocenters. The van der Waals surface area contributed by atoms with Crippen molar-refractivity contribution >= 4 is 0 Å². The summed E-state index contributed by atoms with van der Waals surface area (Å²) in [5, 5.41) is 9.05. The maximum atomic E-state index is 9.05. The Morgan fingerprint density at radius 1 is 1.18 bits per heavy atom. The smallest absolute Gasteiger partial charge is 0.0474 e. The standard InChI is InChI=1S/C9H21NO/c1-5-8(7-11)9(6-2)10(3)4/h8-9,11H,5-7H2,1-4H3. The molecular weight excluding hydrogens is 138 g/mol. The Labute approximate surface area is 70.2 Å². The van der Waals surface area contributed by atoms with E-state index in [1.54, 1.807) is 0 Å². The number of aliphatic hydroxyl groups excluding tert-OH is 1. The summed E-state index contributed by atoms with van der Waals surface area (Å²) in [6, 6.07) is 0.532. The SMILES string of the molecule is CCC(CO)C(CC)N(C)C. The summed E-state index contributed by atoms with van der Waals surface area (Å²) in [6.07, 6.45) is 2.18. The first-order valence-electron chi connectivity index (χ1n) is 4.44. The van der Waals surface area contributed by atoms with Crippen molar-refractivity contribution in [2.75, 3.05) is 20.7 Å². The van der Waals surface area contributed by atoms with Crippen molar-refractivity contribution in [2.45, 2.75) is 32.7 Å². The maximum absolute atomic E-state index is 9.05. The zero-order valence-electron chi connectivity index (χ0n) is 8.17. The highest BCUT2D eigenvalue weighted by Gasteiger charge is 2.18. The van der Waals surface area contributed by atoms with Gasteiger partial charge in [-0.25, -0.2) is 0 Å². The second kappa shape index (κ2) is 5.56. The lowest BCUT2D eigenvalue weighted by atomic mass is 9.95. The number of hydrogen-bond acceptors (Lipinski definition) is 2. The summed E-state index contributed by atoms with van der Waals surface area (Å²) in [5.41, 5.74) is 0. The predicted octanol–water partition coefficient (Wildman–Crippen LogP) is 1.35. The van der Waals surface area contributed by atoms with Gasteiger partial charge in [-0.05, 0) is 32.9 Å². The average molecular weight is 159 g/mol. The van der Waals surface area contributed by atoms with Crippen LogP contribution in [-0.2, 0) is 0 Å². The van der Waals surface area contributed by atoms with E-state index in [2.05, 4.69) is 32.8 Å². The lowest BCUT2D eigenvalue weighted by molar-refractivity contribution is 0.127. The molecule has 0 fully saturated rings. The van der Waals surface area contributed by atoms with Crippen molar-refractivity contribution in [1.82, 2.24) is 4.90 Å². The van der Waals surface area contributed by atoms with E-state index in [1.165, 1.54) is 0 Å². The Bertz CT molecular complexity index is 89.6. The molecule has 0 bridgehead atoms. The molecule has 0 aromatic rings. The average Bonchev–Trinajstić information content (AvgIpc) is 1.99. The highest BCUT2D eigenvalue weighted by molar-refractivity contribution is 4.72. The molecule has 0 rings (SSSR count). The van der Waals surface area contributed by atoms with E-state index in [9.17, 15) is 0 Å². The normalized spacial score (nSPS) is 16.9. The Balaban J connectivity index is 3.98. The fourth-order valence-electron chi connectivity index (χ4n) is 1.64. The van der Waals surface area contributed by atoms with Gasteiger partial charge >= 0.3 is 0 Å². The van der Waals surface area contributed by atoms with Crippen molar-refractivity contribution in [2.24, 2.45) is 5.92 Å². The van der Waals surface area contributed by atoms with Gasteiger partial charge in [0.25, 0.3) is 0 Å². The third kappa shape index (κ3) is 3.21. The minimum atomic E-state index is 0.313. The molecule has 0 aromatic carbocycles. The van der Waals surface area contributed by atoms with E-state index in [0.29, 0.717) is 18.6 Å². The molecule has 0 aromatic heterocycles. The van der Waals surface area contributed by atoms with Crippen LogP contribution < -0.4 is 0 Å². The highest BCUT2D eigenvalue weighted by Crippen LogP contribution is 2.14. The van der Waals surface area contributed by atoms with E-state index in [-0.39, 0.29) is 0 Å². The van der Waals surface area contributed by atoms with Gasteiger partial charge in [-0.2, -0.15) is 0 Å². The molecule has 0 saturated carbocycles. The van der Waals surface area contributed by atoms with Crippen molar-refractivity contribution < 1.29 is 5.11 Å². The third-order valence-electron chi connectivity index (χ3n) is 2.38. The second-order valence-electron chi connectivity index (χ2n) is 3.29. The summed E-state index contributed by atoms with van der Waals surface area (Å²) >= 11 is 0. The molecule has 2 nitrogen and oxygen atoms in total. The topological polar surface area (TPSA) is 23.5 Å². The molecular formula is C9H21NO. The molecule has 0 aliphatic carbocycles. The van der Waals surface area contributed by atoms with Crippen LogP contribution in [0.1, 0.15) is 26.7 Å². The third-order valence-corrected chi connectivity index (χ3v) is 2.38. The first kappa shape index (κ1) is 10.9. The van der Waals surface area contributed by atoms with Crippen molar-refractivity contribution in [3.05, 3.63) is 0 Å². The van der Waals surface area contributed by atoms with Crippen LogP contribution in [0.25, 0.3) is 0 Å². The maximum Gasteiger partial charge on any atom is 0.0474 e. The summed E-state index contributed by atoms with van der Waals surface area (Å²) < 4.78 is 0. The van der Waals surface area contributed by atoms with Gasteiger partial charge in [-0.1, -0.05) is 13.8 Å². The minimum absolute atomic E-state index is 0.313. The van der Waals surface area contributed by atoms with Crippen LogP contribution in [0.4, 0.5) is 0 Å². The molecule has 0 aliphatic heterocycles. The van der Waals surface area contributed by atoms with E-state index in [1.807, 2.05) is 0 Å². The van der Waals surface area contributed by atoms with Gasteiger partial charge in [0.1, 0.15) is 0 Å². The van der Waals surface area contributed by atoms with E-state index >= 15 is 0 Å². The Morgan fingerprint density at radius 3 is 1.82 bits per heavy atom. The highest BCUT2D eigenvalue weighted by atomic mass is 16.3. The van der Waals surface area contributed by atoms with Gasteiger partial charge in [0.05, 0.1) is 0 Å². The fourth-order valence-corrected chi connectivity index (χ4v) is 1.64. The molecule has 68 valence electrons. The molecule has 11 heavy (non-hydrogen) atoms. The number of nitrogens with zero attached hydrogens (tertiary/aromatic N) is 1. The van der Waals surface area contributed by atoms with Gasteiger partial charge in [0, 0.05) is 12.6 Å². The summed E-state index contributed by atoms with van der Waals surface area (Å²) in [4.78, 5) is 2.20. The first-order valence-corrected chi connectivity index (χ1v) is 4.44. The second-order valence-corrected chi connectivity index (χ2v) is 3.29. The zero-order chi connectivity index (χ0) is 8.85. The van der Waals surface area contributed by atoms with E-state index in [0.717, 1.165) is 12.8 Å². The quantitative estimate of drug-likeness (QED) is 0.654. The van der Waals surface area contributed by atoms with Crippen LogP contribution in [0.3, 0.4) is 0 Å². The Kier molecular flexibility index (Phi) is 5.51. The molecule has 0 radical (unpaired) electrons. The van der Waals surface area contributed by atoms with E-state index < -0.39 is 0 Å². The fraction of sp³-hybridized carbons (Fsp3) is 1.00. The van der Waals surface area contributed by atoms with Crippen LogP contribution in [0, 0.1) is 5.92 Å². The molecule has 0 amide bonds.